The Labute approximate surface area is 108 Å². The third kappa shape index (κ3) is 4.59. The maximum absolute atomic E-state index is 3.56. The number of nitrogens with zero attached hydrogens (tertiary/aromatic N) is 1. The van der Waals surface area contributed by atoms with Crippen LogP contribution in [-0.2, 0) is 0 Å². The van der Waals surface area contributed by atoms with Crippen molar-refractivity contribution in [3.8, 4) is 0 Å². The van der Waals surface area contributed by atoms with Crippen LogP contribution in [0, 0.1) is 11.3 Å². The van der Waals surface area contributed by atoms with E-state index in [2.05, 4.69) is 45.0 Å². The molecule has 0 spiro atoms. The smallest absolute Gasteiger partial charge is 0.00665 e. The molecule has 0 radical (unpaired) electrons. The molecule has 102 valence electrons. The van der Waals surface area contributed by atoms with E-state index >= 15 is 0 Å². The van der Waals surface area contributed by atoms with Gasteiger partial charge in [-0.25, -0.2) is 0 Å². The van der Waals surface area contributed by atoms with Crippen molar-refractivity contribution in [1.29, 1.82) is 0 Å². The molecule has 1 aliphatic heterocycles. The van der Waals surface area contributed by atoms with Gasteiger partial charge >= 0.3 is 0 Å². The Balaban J connectivity index is 2.49. The van der Waals surface area contributed by atoms with Crippen LogP contribution >= 0.6 is 0 Å². The molecule has 2 heteroatoms. The molecule has 17 heavy (non-hydrogen) atoms. The summed E-state index contributed by atoms with van der Waals surface area (Å²) in [6, 6.07) is 0.712. The molecule has 0 aromatic carbocycles. The maximum Gasteiger partial charge on any atom is 0.00665 e. The first-order valence-corrected chi connectivity index (χ1v) is 7.40. The molecule has 0 aromatic heterocycles. The van der Waals surface area contributed by atoms with E-state index in [0.717, 1.165) is 5.92 Å². The van der Waals surface area contributed by atoms with Gasteiger partial charge in [-0.1, -0.05) is 27.2 Å². The fourth-order valence-electron chi connectivity index (χ4n) is 3.30. The summed E-state index contributed by atoms with van der Waals surface area (Å²) in [5.41, 5.74) is 0.550. The molecule has 1 saturated heterocycles. The molecule has 2 unspecified atom stereocenters. The average Bonchev–Trinajstić information content (AvgIpc) is 2.66. The Morgan fingerprint density at radius 1 is 1.29 bits per heavy atom. The minimum absolute atomic E-state index is 0.550. The van der Waals surface area contributed by atoms with Gasteiger partial charge in [0.05, 0.1) is 0 Å². The SMILES string of the molecule is CCCC1(CN(C)C(C)CC(C)C)CCNC1. The highest BCUT2D eigenvalue weighted by Gasteiger charge is 2.34. The van der Waals surface area contributed by atoms with Crippen LogP contribution in [0.2, 0.25) is 0 Å². The van der Waals surface area contributed by atoms with Gasteiger partial charge in [0.1, 0.15) is 0 Å². The normalized spacial score (nSPS) is 27.0. The van der Waals surface area contributed by atoms with Gasteiger partial charge in [-0.15, -0.1) is 0 Å². The van der Waals surface area contributed by atoms with E-state index in [4.69, 9.17) is 0 Å². The van der Waals surface area contributed by atoms with Crippen LogP contribution in [0.4, 0.5) is 0 Å². The number of hydrogen-bond acceptors (Lipinski definition) is 2. The number of nitrogens with one attached hydrogen (secondary N) is 1. The van der Waals surface area contributed by atoms with E-state index < -0.39 is 0 Å². The third-order valence-electron chi connectivity index (χ3n) is 4.26. The second-order valence-electron chi connectivity index (χ2n) is 6.57. The zero-order valence-corrected chi connectivity index (χ0v) is 12.6. The lowest BCUT2D eigenvalue weighted by Crippen LogP contribution is -2.41. The van der Waals surface area contributed by atoms with Crippen molar-refractivity contribution in [2.24, 2.45) is 11.3 Å². The minimum Gasteiger partial charge on any atom is -0.316 e. The second kappa shape index (κ2) is 6.75. The van der Waals surface area contributed by atoms with E-state index in [9.17, 15) is 0 Å². The Bertz CT molecular complexity index is 207. The van der Waals surface area contributed by atoms with Crippen LogP contribution in [0.1, 0.15) is 53.4 Å². The molecule has 1 aliphatic rings. The molecule has 0 bridgehead atoms. The van der Waals surface area contributed by atoms with Crippen LogP contribution in [0.5, 0.6) is 0 Å². The molecule has 1 rings (SSSR count). The molecule has 2 atom stereocenters. The van der Waals surface area contributed by atoms with Crippen LogP contribution in [0.25, 0.3) is 0 Å². The van der Waals surface area contributed by atoms with Gasteiger partial charge in [0.25, 0.3) is 0 Å². The Hall–Kier alpha value is -0.0800. The summed E-state index contributed by atoms with van der Waals surface area (Å²) >= 11 is 0. The van der Waals surface area contributed by atoms with E-state index in [1.807, 2.05) is 0 Å². The molecule has 2 nitrogen and oxygen atoms in total. The summed E-state index contributed by atoms with van der Waals surface area (Å²) in [7, 11) is 2.31. The highest BCUT2D eigenvalue weighted by Crippen LogP contribution is 2.32. The third-order valence-corrected chi connectivity index (χ3v) is 4.26. The van der Waals surface area contributed by atoms with Crippen molar-refractivity contribution < 1.29 is 0 Å². The van der Waals surface area contributed by atoms with E-state index in [0.29, 0.717) is 11.5 Å². The van der Waals surface area contributed by atoms with Gasteiger partial charge in [0.15, 0.2) is 0 Å². The predicted octanol–water partition coefficient (Wildman–Crippen LogP) is 3.13. The van der Waals surface area contributed by atoms with E-state index in [1.54, 1.807) is 0 Å². The molecular weight excluding hydrogens is 208 g/mol. The zero-order valence-electron chi connectivity index (χ0n) is 12.6. The molecular formula is C15H32N2. The lowest BCUT2D eigenvalue weighted by atomic mass is 9.81. The molecule has 0 amide bonds. The average molecular weight is 240 g/mol. The monoisotopic (exact) mass is 240 g/mol. The molecule has 0 aliphatic carbocycles. The van der Waals surface area contributed by atoms with E-state index in [-0.39, 0.29) is 0 Å². The van der Waals surface area contributed by atoms with Gasteiger partial charge in [-0.05, 0) is 51.1 Å². The number of hydrogen-bond donors (Lipinski definition) is 1. The highest BCUT2D eigenvalue weighted by molar-refractivity contribution is 4.90. The standard InChI is InChI=1S/C15H32N2/c1-6-7-15(8-9-16-11-15)12-17(5)14(4)10-13(2)3/h13-14,16H,6-12H2,1-5H3. The van der Waals surface area contributed by atoms with Crippen LogP contribution < -0.4 is 5.32 Å². The molecule has 1 heterocycles. The minimum atomic E-state index is 0.550. The maximum atomic E-state index is 3.56. The molecule has 0 aromatic rings. The predicted molar refractivity (Wildman–Crippen MR) is 76.4 cm³/mol. The van der Waals surface area contributed by atoms with Crippen molar-refractivity contribution in [2.45, 2.75) is 59.4 Å². The van der Waals surface area contributed by atoms with Gasteiger partial charge < -0.3 is 10.2 Å². The number of rotatable bonds is 7. The first kappa shape index (κ1) is 15.0. The Kier molecular flexibility index (Phi) is 5.94. The second-order valence-corrected chi connectivity index (χ2v) is 6.57. The molecule has 1 fully saturated rings. The van der Waals surface area contributed by atoms with Gasteiger partial charge in [-0.3, -0.25) is 0 Å². The summed E-state index contributed by atoms with van der Waals surface area (Å²) < 4.78 is 0. The van der Waals surface area contributed by atoms with Crippen LogP contribution in [0.15, 0.2) is 0 Å². The van der Waals surface area contributed by atoms with E-state index in [1.165, 1.54) is 45.3 Å². The van der Waals surface area contributed by atoms with Gasteiger partial charge in [-0.2, -0.15) is 0 Å². The Morgan fingerprint density at radius 2 is 2.00 bits per heavy atom. The summed E-state index contributed by atoms with van der Waals surface area (Å²) in [5, 5.41) is 3.56. The van der Waals surface area contributed by atoms with Crippen molar-refractivity contribution in [3.05, 3.63) is 0 Å². The quantitative estimate of drug-likeness (QED) is 0.735. The summed E-state index contributed by atoms with van der Waals surface area (Å²) in [5.74, 6) is 0.802. The Morgan fingerprint density at radius 3 is 2.47 bits per heavy atom. The summed E-state index contributed by atoms with van der Waals surface area (Å²) in [6.07, 6.45) is 5.36. The summed E-state index contributed by atoms with van der Waals surface area (Å²) in [4.78, 5) is 2.59. The zero-order chi connectivity index (χ0) is 12.9. The summed E-state index contributed by atoms with van der Waals surface area (Å²) in [6.45, 7) is 13.0. The first-order valence-electron chi connectivity index (χ1n) is 7.40. The largest absolute Gasteiger partial charge is 0.316 e. The first-order chi connectivity index (χ1) is 7.99. The topological polar surface area (TPSA) is 15.3 Å². The van der Waals surface area contributed by atoms with Crippen molar-refractivity contribution in [2.75, 3.05) is 26.7 Å². The lowest BCUT2D eigenvalue weighted by Gasteiger charge is -2.36. The van der Waals surface area contributed by atoms with Gasteiger partial charge in [0, 0.05) is 19.1 Å². The molecule has 0 saturated carbocycles. The van der Waals surface area contributed by atoms with Crippen LogP contribution in [-0.4, -0.2) is 37.6 Å². The van der Waals surface area contributed by atoms with Crippen molar-refractivity contribution >= 4 is 0 Å². The fourth-order valence-corrected chi connectivity index (χ4v) is 3.30. The fraction of sp³-hybridized carbons (Fsp3) is 1.00. The van der Waals surface area contributed by atoms with Crippen molar-refractivity contribution in [1.82, 2.24) is 10.2 Å². The van der Waals surface area contributed by atoms with Crippen LogP contribution in [0.3, 0.4) is 0 Å². The highest BCUT2D eigenvalue weighted by atomic mass is 15.1. The lowest BCUT2D eigenvalue weighted by molar-refractivity contribution is 0.134. The molecule has 1 N–H and O–H groups in total. The van der Waals surface area contributed by atoms with Crippen molar-refractivity contribution in [3.63, 3.8) is 0 Å². The van der Waals surface area contributed by atoms with Gasteiger partial charge in [0.2, 0.25) is 0 Å².